The van der Waals surface area contributed by atoms with Crippen molar-refractivity contribution in [3.05, 3.63) is 42.7 Å². The number of aromatic hydroxyl groups is 1. The third-order valence-corrected chi connectivity index (χ3v) is 2.51. The van der Waals surface area contributed by atoms with Gasteiger partial charge in [-0.3, -0.25) is 0 Å². The standard InChI is InChI=1S/C12H10N4O/c13-11-5-12-14-6-9(7-16(12)15-11)8-2-1-3-10(17)4-8/h1-7,17H,(H2,13,15). The predicted molar refractivity (Wildman–Crippen MR) is 64.5 cm³/mol. The van der Waals surface area contributed by atoms with E-state index in [0.29, 0.717) is 11.5 Å². The maximum Gasteiger partial charge on any atom is 0.157 e. The SMILES string of the molecule is Nc1cc2ncc(-c3cccc(O)c3)cn2n1. The van der Waals surface area contributed by atoms with Gasteiger partial charge in [-0.05, 0) is 17.7 Å². The van der Waals surface area contributed by atoms with E-state index in [1.54, 1.807) is 35.0 Å². The second kappa shape index (κ2) is 3.48. The van der Waals surface area contributed by atoms with Crippen molar-refractivity contribution in [2.75, 3.05) is 5.73 Å². The maximum absolute atomic E-state index is 9.43. The van der Waals surface area contributed by atoms with Crippen LogP contribution in [0.5, 0.6) is 5.75 Å². The van der Waals surface area contributed by atoms with Crippen LogP contribution < -0.4 is 5.73 Å². The molecule has 0 bridgehead atoms. The van der Waals surface area contributed by atoms with Crippen molar-refractivity contribution in [2.45, 2.75) is 0 Å². The van der Waals surface area contributed by atoms with Crippen LogP contribution >= 0.6 is 0 Å². The third kappa shape index (κ3) is 1.67. The highest BCUT2D eigenvalue weighted by Gasteiger charge is 2.03. The summed E-state index contributed by atoms with van der Waals surface area (Å²) in [7, 11) is 0. The van der Waals surface area contributed by atoms with E-state index in [1.165, 1.54) is 0 Å². The second-order valence-corrected chi connectivity index (χ2v) is 3.76. The first-order chi connectivity index (χ1) is 8.22. The van der Waals surface area contributed by atoms with Gasteiger partial charge in [-0.25, -0.2) is 9.50 Å². The van der Waals surface area contributed by atoms with Crippen molar-refractivity contribution in [2.24, 2.45) is 0 Å². The Morgan fingerprint density at radius 1 is 1.18 bits per heavy atom. The van der Waals surface area contributed by atoms with Gasteiger partial charge in [-0.15, -0.1) is 5.10 Å². The number of nitrogens with two attached hydrogens (primary N) is 1. The lowest BCUT2D eigenvalue weighted by molar-refractivity contribution is 0.475. The van der Waals surface area contributed by atoms with Crippen molar-refractivity contribution in [1.29, 1.82) is 0 Å². The fourth-order valence-corrected chi connectivity index (χ4v) is 1.73. The number of hydrogen-bond acceptors (Lipinski definition) is 4. The molecule has 0 aliphatic rings. The van der Waals surface area contributed by atoms with Crippen LogP contribution in [0.1, 0.15) is 0 Å². The fourth-order valence-electron chi connectivity index (χ4n) is 1.73. The Kier molecular flexibility index (Phi) is 1.98. The Morgan fingerprint density at radius 3 is 2.88 bits per heavy atom. The highest BCUT2D eigenvalue weighted by Crippen LogP contribution is 2.22. The molecular weight excluding hydrogens is 216 g/mol. The molecular formula is C12H10N4O. The highest BCUT2D eigenvalue weighted by molar-refractivity contribution is 5.64. The molecule has 2 aromatic heterocycles. The summed E-state index contributed by atoms with van der Waals surface area (Å²) in [5.74, 6) is 0.660. The summed E-state index contributed by atoms with van der Waals surface area (Å²) in [4.78, 5) is 4.25. The Bertz CT molecular complexity index is 690. The van der Waals surface area contributed by atoms with E-state index in [0.717, 1.165) is 11.1 Å². The van der Waals surface area contributed by atoms with Crippen molar-refractivity contribution in [3.63, 3.8) is 0 Å². The van der Waals surface area contributed by atoms with E-state index in [-0.39, 0.29) is 5.75 Å². The number of phenols is 1. The lowest BCUT2D eigenvalue weighted by atomic mass is 10.1. The molecule has 0 spiro atoms. The zero-order chi connectivity index (χ0) is 11.8. The van der Waals surface area contributed by atoms with Crippen LogP contribution in [0.4, 0.5) is 5.82 Å². The topological polar surface area (TPSA) is 76.4 Å². The third-order valence-electron chi connectivity index (χ3n) is 2.51. The van der Waals surface area contributed by atoms with Gasteiger partial charge in [0.05, 0.1) is 0 Å². The smallest absolute Gasteiger partial charge is 0.157 e. The van der Waals surface area contributed by atoms with Gasteiger partial charge in [0.25, 0.3) is 0 Å². The summed E-state index contributed by atoms with van der Waals surface area (Å²) >= 11 is 0. The first kappa shape index (κ1) is 9.65. The number of fused-ring (bicyclic) bond motifs is 1. The second-order valence-electron chi connectivity index (χ2n) is 3.76. The van der Waals surface area contributed by atoms with Crippen LogP contribution in [-0.2, 0) is 0 Å². The quantitative estimate of drug-likeness (QED) is 0.662. The average Bonchev–Trinajstić information content (AvgIpc) is 2.68. The van der Waals surface area contributed by atoms with Gasteiger partial charge in [0.1, 0.15) is 11.6 Å². The van der Waals surface area contributed by atoms with E-state index in [1.807, 2.05) is 12.3 Å². The molecule has 0 saturated heterocycles. The number of benzene rings is 1. The van der Waals surface area contributed by atoms with E-state index >= 15 is 0 Å². The summed E-state index contributed by atoms with van der Waals surface area (Å²) in [5.41, 5.74) is 8.05. The average molecular weight is 226 g/mol. The molecule has 3 aromatic rings. The molecule has 2 heterocycles. The van der Waals surface area contributed by atoms with Gasteiger partial charge in [-0.2, -0.15) is 0 Å². The summed E-state index contributed by atoms with van der Waals surface area (Å²) in [6.07, 6.45) is 3.55. The molecule has 0 unspecified atom stereocenters. The summed E-state index contributed by atoms with van der Waals surface area (Å²) in [5, 5.41) is 13.5. The first-order valence-electron chi connectivity index (χ1n) is 5.13. The summed E-state index contributed by atoms with van der Waals surface area (Å²) in [6.45, 7) is 0. The van der Waals surface area contributed by atoms with E-state index in [9.17, 15) is 5.11 Å². The van der Waals surface area contributed by atoms with Crippen molar-refractivity contribution in [3.8, 4) is 16.9 Å². The van der Waals surface area contributed by atoms with Crippen LogP contribution in [0.2, 0.25) is 0 Å². The Hall–Kier alpha value is -2.56. The number of rotatable bonds is 1. The Labute approximate surface area is 97.1 Å². The highest BCUT2D eigenvalue weighted by atomic mass is 16.3. The molecule has 0 aliphatic carbocycles. The number of anilines is 1. The first-order valence-corrected chi connectivity index (χ1v) is 5.13. The monoisotopic (exact) mass is 226 g/mol. The van der Waals surface area contributed by atoms with E-state index < -0.39 is 0 Å². The molecule has 0 amide bonds. The van der Waals surface area contributed by atoms with Gasteiger partial charge in [0, 0.05) is 24.0 Å². The van der Waals surface area contributed by atoms with Gasteiger partial charge in [0.2, 0.25) is 0 Å². The molecule has 0 radical (unpaired) electrons. The number of aromatic nitrogens is 3. The molecule has 0 atom stereocenters. The van der Waals surface area contributed by atoms with Gasteiger partial charge in [-0.1, -0.05) is 12.1 Å². The molecule has 5 nitrogen and oxygen atoms in total. The summed E-state index contributed by atoms with van der Waals surface area (Å²) in [6, 6.07) is 8.69. The summed E-state index contributed by atoms with van der Waals surface area (Å²) < 4.78 is 1.62. The Balaban J connectivity index is 2.17. The van der Waals surface area contributed by atoms with Crippen LogP contribution in [0.15, 0.2) is 42.7 Å². The zero-order valence-electron chi connectivity index (χ0n) is 8.91. The van der Waals surface area contributed by atoms with E-state index in [2.05, 4.69) is 10.1 Å². The van der Waals surface area contributed by atoms with Crippen LogP contribution in [-0.4, -0.2) is 19.7 Å². The van der Waals surface area contributed by atoms with Crippen LogP contribution in [0, 0.1) is 0 Å². The number of nitrogen functional groups attached to an aromatic ring is 1. The molecule has 0 saturated carbocycles. The molecule has 17 heavy (non-hydrogen) atoms. The van der Waals surface area contributed by atoms with Crippen molar-refractivity contribution >= 4 is 11.5 Å². The molecule has 3 N–H and O–H groups in total. The minimum atomic E-state index is 0.225. The molecule has 0 aliphatic heterocycles. The van der Waals surface area contributed by atoms with Crippen LogP contribution in [0.3, 0.4) is 0 Å². The number of hydrogen-bond donors (Lipinski definition) is 2. The van der Waals surface area contributed by atoms with Gasteiger partial charge in [0.15, 0.2) is 5.65 Å². The number of nitrogens with zero attached hydrogens (tertiary/aromatic N) is 3. The largest absolute Gasteiger partial charge is 0.508 e. The fraction of sp³-hybridized carbons (Fsp3) is 0. The van der Waals surface area contributed by atoms with Crippen molar-refractivity contribution in [1.82, 2.24) is 14.6 Å². The normalized spacial score (nSPS) is 10.8. The van der Waals surface area contributed by atoms with Gasteiger partial charge < -0.3 is 10.8 Å². The molecule has 0 fully saturated rings. The molecule has 84 valence electrons. The lowest BCUT2D eigenvalue weighted by Gasteiger charge is -2.02. The minimum absolute atomic E-state index is 0.225. The lowest BCUT2D eigenvalue weighted by Crippen LogP contribution is -1.92. The zero-order valence-corrected chi connectivity index (χ0v) is 8.91. The Morgan fingerprint density at radius 2 is 2.06 bits per heavy atom. The number of phenolic OH excluding ortho intramolecular Hbond substituents is 1. The molecule has 3 rings (SSSR count). The molecule has 1 aromatic carbocycles. The van der Waals surface area contributed by atoms with Gasteiger partial charge >= 0.3 is 0 Å². The predicted octanol–water partition coefficient (Wildman–Crippen LogP) is 1.68. The maximum atomic E-state index is 9.43. The molecule has 5 heteroatoms. The van der Waals surface area contributed by atoms with Crippen molar-refractivity contribution < 1.29 is 5.11 Å². The van der Waals surface area contributed by atoms with E-state index in [4.69, 9.17) is 5.73 Å². The van der Waals surface area contributed by atoms with Crippen LogP contribution in [0.25, 0.3) is 16.8 Å². The minimum Gasteiger partial charge on any atom is -0.508 e.